The molecule has 2 aromatic heterocycles. The summed E-state index contributed by atoms with van der Waals surface area (Å²) in [7, 11) is 1.86. The van der Waals surface area contributed by atoms with E-state index in [4.69, 9.17) is 14.6 Å². The SMILES string of the molecule is Cn1cccc1C(=O)NCC1OCCc2cn(CC3CCOCC3)nc21. The Morgan fingerprint density at radius 1 is 1.35 bits per heavy atom. The average molecular weight is 358 g/mol. The van der Waals surface area contributed by atoms with E-state index in [2.05, 4.69) is 16.2 Å². The standard InChI is InChI=1S/C19H26N4O3/c1-22-7-2-3-16(22)19(24)20-11-17-18-15(6-10-26-17)13-23(21-18)12-14-4-8-25-9-5-14/h2-3,7,13-14,17H,4-6,8-12H2,1H3,(H,20,24). The number of nitrogens with one attached hydrogen (secondary N) is 1. The minimum atomic E-state index is -0.182. The van der Waals surface area contributed by atoms with E-state index >= 15 is 0 Å². The Morgan fingerprint density at radius 3 is 2.96 bits per heavy atom. The van der Waals surface area contributed by atoms with Crippen molar-refractivity contribution >= 4 is 5.91 Å². The normalized spacial score (nSPS) is 20.7. The maximum absolute atomic E-state index is 12.3. The van der Waals surface area contributed by atoms with Crippen molar-refractivity contribution < 1.29 is 14.3 Å². The van der Waals surface area contributed by atoms with Crippen LogP contribution < -0.4 is 5.32 Å². The molecule has 4 heterocycles. The Kier molecular flexibility index (Phi) is 5.08. The number of amides is 1. The number of nitrogens with zero attached hydrogens (tertiary/aromatic N) is 3. The summed E-state index contributed by atoms with van der Waals surface area (Å²) in [5, 5.41) is 7.76. The molecule has 1 saturated heterocycles. The van der Waals surface area contributed by atoms with Crippen LogP contribution in [0.15, 0.2) is 24.5 Å². The molecule has 1 atom stereocenters. The highest BCUT2D eigenvalue weighted by atomic mass is 16.5. The molecule has 1 N–H and O–H groups in total. The lowest BCUT2D eigenvalue weighted by atomic mass is 10.0. The Balaban J connectivity index is 1.40. The topological polar surface area (TPSA) is 70.3 Å². The van der Waals surface area contributed by atoms with Gasteiger partial charge in [-0.25, -0.2) is 0 Å². The van der Waals surface area contributed by atoms with Gasteiger partial charge in [-0.15, -0.1) is 0 Å². The van der Waals surface area contributed by atoms with E-state index in [1.807, 2.05) is 29.9 Å². The number of rotatable bonds is 5. The second-order valence-corrected chi connectivity index (χ2v) is 7.14. The number of aromatic nitrogens is 3. The van der Waals surface area contributed by atoms with Gasteiger partial charge in [0, 0.05) is 45.7 Å². The van der Waals surface area contributed by atoms with Crippen LogP contribution in [0.5, 0.6) is 0 Å². The third-order valence-electron chi connectivity index (χ3n) is 5.28. The van der Waals surface area contributed by atoms with Crippen LogP contribution >= 0.6 is 0 Å². The first-order chi connectivity index (χ1) is 12.7. The van der Waals surface area contributed by atoms with Crippen molar-refractivity contribution in [2.45, 2.75) is 31.9 Å². The summed E-state index contributed by atoms with van der Waals surface area (Å²) in [5.74, 6) is 0.538. The zero-order valence-electron chi connectivity index (χ0n) is 15.2. The van der Waals surface area contributed by atoms with Crippen molar-refractivity contribution in [3.05, 3.63) is 41.5 Å². The lowest BCUT2D eigenvalue weighted by molar-refractivity contribution is 0.0378. The van der Waals surface area contributed by atoms with E-state index in [9.17, 15) is 4.79 Å². The molecule has 2 aliphatic heterocycles. The van der Waals surface area contributed by atoms with Crippen LogP contribution in [-0.2, 0) is 29.5 Å². The molecule has 0 saturated carbocycles. The van der Waals surface area contributed by atoms with Gasteiger partial charge in [0.25, 0.3) is 5.91 Å². The first kappa shape index (κ1) is 17.3. The molecule has 0 radical (unpaired) electrons. The summed E-state index contributed by atoms with van der Waals surface area (Å²) in [4.78, 5) is 12.3. The molecule has 26 heavy (non-hydrogen) atoms. The number of ether oxygens (including phenoxy) is 2. The molecule has 7 nitrogen and oxygen atoms in total. The Bertz CT molecular complexity index is 761. The lowest BCUT2D eigenvalue weighted by Crippen LogP contribution is -2.32. The maximum Gasteiger partial charge on any atom is 0.267 e. The second-order valence-electron chi connectivity index (χ2n) is 7.14. The van der Waals surface area contributed by atoms with Crippen molar-refractivity contribution in [2.75, 3.05) is 26.4 Å². The average Bonchev–Trinajstić information content (AvgIpc) is 3.26. The monoisotopic (exact) mass is 358 g/mol. The molecule has 0 aromatic carbocycles. The van der Waals surface area contributed by atoms with Gasteiger partial charge in [0.1, 0.15) is 11.8 Å². The summed E-state index contributed by atoms with van der Waals surface area (Å²) < 4.78 is 15.2. The van der Waals surface area contributed by atoms with Gasteiger partial charge in [-0.1, -0.05) is 0 Å². The molecule has 0 bridgehead atoms. The fourth-order valence-corrected chi connectivity index (χ4v) is 3.75. The van der Waals surface area contributed by atoms with Gasteiger partial charge in [0.15, 0.2) is 0 Å². The van der Waals surface area contributed by atoms with Gasteiger partial charge >= 0.3 is 0 Å². The summed E-state index contributed by atoms with van der Waals surface area (Å²) in [6.45, 7) is 3.73. The minimum absolute atomic E-state index is 0.0881. The highest BCUT2D eigenvalue weighted by Gasteiger charge is 2.26. The van der Waals surface area contributed by atoms with Crippen molar-refractivity contribution in [3.8, 4) is 0 Å². The van der Waals surface area contributed by atoms with Crippen molar-refractivity contribution in [3.63, 3.8) is 0 Å². The number of carbonyl (C=O) groups is 1. The third kappa shape index (κ3) is 3.68. The van der Waals surface area contributed by atoms with E-state index in [1.54, 1.807) is 0 Å². The molecule has 0 spiro atoms. The van der Waals surface area contributed by atoms with Crippen LogP contribution in [0.1, 0.15) is 40.7 Å². The number of carbonyl (C=O) groups excluding carboxylic acids is 1. The van der Waals surface area contributed by atoms with Gasteiger partial charge in [0.2, 0.25) is 0 Å². The van der Waals surface area contributed by atoms with Gasteiger partial charge in [-0.2, -0.15) is 5.10 Å². The van der Waals surface area contributed by atoms with E-state index in [1.165, 1.54) is 5.56 Å². The van der Waals surface area contributed by atoms with E-state index in [-0.39, 0.29) is 12.0 Å². The zero-order valence-corrected chi connectivity index (χ0v) is 15.2. The molecule has 7 heteroatoms. The van der Waals surface area contributed by atoms with Crippen molar-refractivity contribution in [2.24, 2.45) is 13.0 Å². The molecule has 2 aromatic rings. The summed E-state index contributed by atoms with van der Waals surface area (Å²) in [6.07, 6.45) is 6.90. The number of fused-ring (bicyclic) bond motifs is 1. The van der Waals surface area contributed by atoms with Crippen LogP contribution in [-0.4, -0.2) is 46.6 Å². The van der Waals surface area contributed by atoms with Crippen molar-refractivity contribution in [1.82, 2.24) is 19.7 Å². The molecular formula is C19H26N4O3. The summed E-state index contributed by atoms with van der Waals surface area (Å²) in [5.41, 5.74) is 2.85. The summed E-state index contributed by atoms with van der Waals surface area (Å²) in [6, 6.07) is 3.67. The van der Waals surface area contributed by atoms with Gasteiger partial charge in [-0.3, -0.25) is 9.48 Å². The summed E-state index contributed by atoms with van der Waals surface area (Å²) >= 11 is 0. The van der Waals surface area contributed by atoms with Crippen molar-refractivity contribution in [1.29, 1.82) is 0 Å². The fourth-order valence-electron chi connectivity index (χ4n) is 3.75. The number of aryl methyl sites for hydroxylation is 1. The largest absolute Gasteiger partial charge is 0.381 e. The molecule has 2 aliphatic rings. The third-order valence-corrected chi connectivity index (χ3v) is 5.28. The van der Waals surface area contributed by atoms with Crippen LogP contribution in [0.25, 0.3) is 0 Å². The minimum Gasteiger partial charge on any atom is -0.381 e. The maximum atomic E-state index is 12.3. The predicted octanol–water partition coefficient (Wildman–Crippen LogP) is 1.69. The first-order valence-electron chi connectivity index (χ1n) is 9.36. The predicted molar refractivity (Wildman–Crippen MR) is 95.9 cm³/mol. The van der Waals surface area contributed by atoms with E-state index in [0.29, 0.717) is 24.8 Å². The Labute approximate surface area is 153 Å². The van der Waals surface area contributed by atoms with Gasteiger partial charge < -0.3 is 19.4 Å². The quantitative estimate of drug-likeness (QED) is 0.883. The molecule has 0 aliphatic carbocycles. The van der Waals surface area contributed by atoms with Gasteiger partial charge in [0.05, 0.1) is 12.3 Å². The molecule has 1 amide bonds. The zero-order chi connectivity index (χ0) is 17.9. The molecule has 1 fully saturated rings. The van der Waals surface area contributed by atoms with Crippen LogP contribution in [0, 0.1) is 5.92 Å². The second kappa shape index (κ2) is 7.63. The molecule has 4 rings (SSSR count). The first-order valence-corrected chi connectivity index (χ1v) is 9.36. The van der Waals surface area contributed by atoms with Crippen LogP contribution in [0.2, 0.25) is 0 Å². The Hall–Kier alpha value is -2.12. The number of hydrogen-bond donors (Lipinski definition) is 1. The fraction of sp³-hybridized carbons (Fsp3) is 0.579. The lowest BCUT2D eigenvalue weighted by Gasteiger charge is -2.22. The smallest absolute Gasteiger partial charge is 0.267 e. The van der Waals surface area contributed by atoms with E-state index in [0.717, 1.165) is 44.7 Å². The molecular weight excluding hydrogens is 332 g/mol. The highest BCUT2D eigenvalue weighted by Crippen LogP contribution is 2.26. The van der Waals surface area contributed by atoms with Gasteiger partial charge in [-0.05, 0) is 42.9 Å². The number of hydrogen-bond acceptors (Lipinski definition) is 4. The highest BCUT2D eigenvalue weighted by molar-refractivity contribution is 5.92. The van der Waals surface area contributed by atoms with E-state index < -0.39 is 0 Å². The molecule has 140 valence electrons. The Morgan fingerprint density at radius 2 is 2.19 bits per heavy atom. The van der Waals surface area contributed by atoms with Crippen LogP contribution in [0.3, 0.4) is 0 Å². The van der Waals surface area contributed by atoms with Crippen LogP contribution in [0.4, 0.5) is 0 Å². The molecule has 1 unspecified atom stereocenters.